The molecule has 1 atom stereocenters. The van der Waals surface area contributed by atoms with Crippen LogP contribution < -0.4 is 10.6 Å². The average molecular weight is 412 g/mol. The fraction of sp³-hybridized carbons (Fsp3) is 0.190. The van der Waals surface area contributed by atoms with E-state index in [1.807, 2.05) is 19.1 Å². The summed E-state index contributed by atoms with van der Waals surface area (Å²) in [6.07, 6.45) is 0. The number of amides is 3. The fourth-order valence-electron chi connectivity index (χ4n) is 3.40. The van der Waals surface area contributed by atoms with Gasteiger partial charge in [-0.05, 0) is 30.7 Å². The molecule has 0 spiro atoms. The number of nitrogens with zero attached hydrogens (tertiary/aromatic N) is 1. The molecule has 2 aromatic carbocycles. The third-order valence-electron chi connectivity index (χ3n) is 4.85. The molecule has 2 aliphatic heterocycles. The predicted octanol–water partition coefficient (Wildman–Crippen LogP) is 3.16. The molecule has 2 heterocycles. The Morgan fingerprint density at radius 3 is 2.66 bits per heavy atom. The quantitative estimate of drug-likeness (QED) is 0.756. The van der Waals surface area contributed by atoms with E-state index in [0.717, 1.165) is 5.56 Å². The lowest BCUT2D eigenvalue weighted by atomic mass is 9.95. The summed E-state index contributed by atoms with van der Waals surface area (Å²) in [5.41, 5.74) is 2.96. The first-order valence-electron chi connectivity index (χ1n) is 9.03. The number of hydrogen-bond donors (Lipinski definition) is 2. The maximum Gasteiger partial charge on any atom is 0.338 e. The van der Waals surface area contributed by atoms with Gasteiger partial charge in [-0.3, -0.25) is 9.69 Å². The van der Waals surface area contributed by atoms with Crippen LogP contribution in [0.15, 0.2) is 59.8 Å². The summed E-state index contributed by atoms with van der Waals surface area (Å²) < 4.78 is 5.16. The minimum atomic E-state index is -0.724. The highest BCUT2D eigenvalue weighted by Gasteiger charge is 2.43. The van der Waals surface area contributed by atoms with Gasteiger partial charge in [0.05, 0.1) is 17.3 Å². The fourth-order valence-corrected chi connectivity index (χ4v) is 3.65. The summed E-state index contributed by atoms with van der Waals surface area (Å²) in [7, 11) is 0. The van der Waals surface area contributed by atoms with Crippen molar-refractivity contribution in [2.75, 3.05) is 18.5 Å². The Morgan fingerprint density at radius 1 is 1.21 bits per heavy atom. The Hall–Kier alpha value is -3.32. The lowest BCUT2D eigenvalue weighted by Gasteiger charge is -2.32. The zero-order chi connectivity index (χ0) is 20.5. The minimum absolute atomic E-state index is 0.0691. The molecule has 0 aliphatic carbocycles. The second-order valence-electron chi connectivity index (χ2n) is 6.84. The molecule has 0 saturated heterocycles. The van der Waals surface area contributed by atoms with E-state index >= 15 is 0 Å². The molecule has 2 N–H and O–H groups in total. The van der Waals surface area contributed by atoms with Crippen LogP contribution in [0, 0.1) is 6.92 Å². The van der Waals surface area contributed by atoms with Crippen molar-refractivity contribution in [3.05, 3.63) is 76.0 Å². The maximum atomic E-state index is 12.8. The number of carbonyl (C=O) groups excluding carboxylic acids is 3. The molecule has 0 unspecified atom stereocenters. The Bertz CT molecular complexity index is 1030. The molecule has 3 amide bonds. The van der Waals surface area contributed by atoms with Gasteiger partial charge in [0.15, 0.2) is 0 Å². The normalized spacial score (nSPS) is 18.3. The topological polar surface area (TPSA) is 87.7 Å². The van der Waals surface area contributed by atoms with Crippen LogP contribution in [0.25, 0.3) is 0 Å². The highest BCUT2D eigenvalue weighted by atomic mass is 35.5. The van der Waals surface area contributed by atoms with Crippen molar-refractivity contribution in [2.24, 2.45) is 0 Å². The van der Waals surface area contributed by atoms with Gasteiger partial charge in [-0.2, -0.15) is 0 Å². The largest absolute Gasteiger partial charge is 0.456 e. The number of hydrogen-bond acceptors (Lipinski definition) is 4. The van der Waals surface area contributed by atoms with Gasteiger partial charge in [0, 0.05) is 10.7 Å². The molecule has 148 valence electrons. The third kappa shape index (κ3) is 3.69. The highest BCUT2D eigenvalue weighted by Crippen LogP contribution is 2.37. The second kappa shape index (κ2) is 7.60. The second-order valence-corrected chi connectivity index (χ2v) is 7.25. The zero-order valence-corrected chi connectivity index (χ0v) is 16.3. The van der Waals surface area contributed by atoms with Gasteiger partial charge >= 0.3 is 12.0 Å². The Balaban J connectivity index is 1.60. The van der Waals surface area contributed by atoms with Crippen molar-refractivity contribution in [3.8, 4) is 0 Å². The first-order chi connectivity index (χ1) is 13.9. The van der Waals surface area contributed by atoms with Crippen molar-refractivity contribution in [2.45, 2.75) is 13.0 Å². The van der Waals surface area contributed by atoms with Crippen LogP contribution in [-0.2, 0) is 14.3 Å². The molecule has 0 radical (unpaired) electrons. The number of carbonyl (C=O) groups is 3. The van der Waals surface area contributed by atoms with Crippen LogP contribution in [0.4, 0.5) is 10.5 Å². The first-order valence-corrected chi connectivity index (χ1v) is 9.41. The molecule has 29 heavy (non-hydrogen) atoms. The third-order valence-corrected chi connectivity index (χ3v) is 5.20. The van der Waals surface area contributed by atoms with E-state index < -0.39 is 18.0 Å². The van der Waals surface area contributed by atoms with E-state index in [1.54, 1.807) is 36.4 Å². The molecule has 7 nitrogen and oxygen atoms in total. The summed E-state index contributed by atoms with van der Waals surface area (Å²) in [6.45, 7) is 1.63. The number of ether oxygens (including phenoxy) is 1. The van der Waals surface area contributed by atoms with Gasteiger partial charge in [-0.1, -0.05) is 47.5 Å². The van der Waals surface area contributed by atoms with Gasteiger partial charge in [0.2, 0.25) is 5.91 Å². The van der Waals surface area contributed by atoms with Crippen molar-refractivity contribution < 1.29 is 19.1 Å². The zero-order valence-electron chi connectivity index (χ0n) is 15.6. The van der Waals surface area contributed by atoms with E-state index in [-0.39, 0.29) is 19.1 Å². The van der Waals surface area contributed by atoms with Crippen molar-refractivity contribution >= 4 is 35.2 Å². The van der Waals surface area contributed by atoms with Crippen LogP contribution in [0.3, 0.4) is 0 Å². The van der Waals surface area contributed by atoms with Crippen LogP contribution >= 0.6 is 11.6 Å². The Labute approximate surface area is 172 Å². The number of nitrogens with one attached hydrogen (secondary N) is 2. The first kappa shape index (κ1) is 19.0. The SMILES string of the molecule is Cc1ccc(NC(=O)CN2C(=O)N[C@@H](c3ccccc3Cl)C3=C2COC3=O)cc1. The van der Waals surface area contributed by atoms with Gasteiger partial charge in [0.1, 0.15) is 13.2 Å². The number of benzene rings is 2. The number of aryl methyl sites for hydroxylation is 1. The van der Waals surface area contributed by atoms with Crippen LogP contribution in [0.1, 0.15) is 17.2 Å². The molecular weight excluding hydrogens is 394 g/mol. The highest BCUT2D eigenvalue weighted by molar-refractivity contribution is 6.31. The monoisotopic (exact) mass is 411 g/mol. The summed E-state index contributed by atoms with van der Waals surface area (Å²) in [4.78, 5) is 38.8. The number of esters is 1. The Kier molecular flexibility index (Phi) is 4.98. The molecule has 0 aromatic heterocycles. The van der Waals surface area contributed by atoms with Crippen molar-refractivity contribution in [3.63, 3.8) is 0 Å². The van der Waals surface area contributed by atoms with Crippen molar-refractivity contribution in [1.29, 1.82) is 0 Å². The summed E-state index contributed by atoms with van der Waals surface area (Å²) in [6, 6.07) is 13.1. The molecule has 0 saturated carbocycles. The standard InChI is InChI=1S/C21H18ClN3O4/c1-12-6-8-13(9-7-12)23-17(26)10-25-16-11-29-20(27)18(16)19(24-21(25)28)14-4-2-3-5-15(14)22/h2-9,19H,10-11H2,1H3,(H,23,26)(H,24,28)/t19-/m0/s1. The smallest absolute Gasteiger partial charge is 0.338 e. The van der Waals surface area contributed by atoms with Crippen LogP contribution in [-0.4, -0.2) is 36.0 Å². The molecule has 8 heteroatoms. The van der Waals surface area contributed by atoms with Gasteiger partial charge in [-0.25, -0.2) is 9.59 Å². The summed E-state index contributed by atoms with van der Waals surface area (Å²) >= 11 is 6.26. The van der Waals surface area contributed by atoms with Gasteiger partial charge in [-0.15, -0.1) is 0 Å². The number of cyclic esters (lactones) is 1. The number of halogens is 1. The number of urea groups is 1. The summed E-state index contributed by atoms with van der Waals surface area (Å²) in [5.74, 6) is -0.916. The average Bonchev–Trinajstić information content (AvgIpc) is 3.08. The molecule has 0 bridgehead atoms. The van der Waals surface area contributed by atoms with E-state index in [4.69, 9.17) is 16.3 Å². The van der Waals surface area contributed by atoms with Crippen molar-refractivity contribution in [1.82, 2.24) is 10.2 Å². The van der Waals surface area contributed by atoms with Gasteiger partial charge < -0.3 is 15.4 Å². The van der Waals surface area contributed by atoms with Gasteiger partial charge in [0.25, 0.3) is 0 Å². The Morgan fingerprint density at radius 2 is 1.93 bits per heavy atom. The predicted molar refractivity (Wildman–Crippen MR) is 107 cm³/mol. The van der Waals surface area contributed by atoms with E-state index in [2.05, 4.69) is 10.6 Å². The number of rotatable bonds is 4. The van der Waals surface area contributed by atoms with E-state index in [1.165, 1.54) is 4.90 Å². The lowest BCUT2D eigenvalue weighted by molar-refractivity contribution is -0.136. The minimum Gasteiger partial charge on any atom is -0.456 e. The van der Waals surface area contributed by atoms with E-state index in [9.17, 15) is 14.4 Å². The molecule has 2 aliphatic rings. The molecular formula is C21H18ClN3O4. The van der Waals surface area contributed by atoms with E-state index in [0.29, 0.717) is 27.5 Å². The molecule has 0 fully saturated rings. The maximum absolute atomic E-state index is 12.8. The number of anilines is 1. The lowest BCUT2D eigenvalue weighted by Crippen LogP contribution is -2.49. The molecule has 4 rings (SSSR count). The van der Waals surface area contributed by atoms with Crippen LogP contribution in [0.5, 0.6) is 0 Å². The summed E-state index contributed by atoms with van der Waals surface area (Å²) in [5, 5.41) is 5.94. The van der Waals surface area contributed by atoms with Crippen LogP contribution in [0.2, 0.25) is 5.02 Å². The molecule has 2 aromatic rings.